The second-order valence-corrected chi connectivity index (χ2v) is 6.89. The Morgan fingerprint density at radius 1 is 1.33 bits per heavy atom. The van der Waals surface area contributed by atoms with Crippen molar-refractivity contribution in [1.82, 2.24) is 5.43 Å². The van der Waals surface area contributed by atoms with E-state index >= 15 is 0 Å². The highest BCUT2D eigenvalue weighted by Crippen LogP contribution is 2.38. The first-order chi connectivity index (χ1) is 9.99. The van der Waals surface area contributed by atoms with E-state index in [1.165, 1.54) is 29.5 Å². The van der Waals surface area contributed by atoms with Gasteiger partial charge in [0.2, 0.25) is 0 Å². The van der Waals surface area contributed by atoms with Gasteiger partial charge in [0.25, 0.3) is 0 Å². The van der Waals surface area contributed by atoms with E-state index in [1.807, 2.05) is 7.11 Å². The number of nitrogens with one attached hydrogen (secondary N) is 1. The zero-order valence-corrected chi connectivity index (χ0v) is 13.9. The van der Waals surface area contributed by atoms with Crippen LogP contribution in [-0.2, 0) is 11.2 Å². The molecule has 1 aliphatic carbocycles. The summed E-state index contributed by atoms with van der Waals surface area (Å²) >= 11 is 0. The number of rotatable bonds is 5. The first-order valence-electron chi connectivity index (χ1n) is 8.07. The molecule has 1 fully saturated rings. The molecule has 3 N–H and O–H groups in total. The molecule has 3 atom stereocenters. The topological polar surface area (TPSA) is 47.3 Å². The van der Waals surface area contributed by atoms with Crippen LogP contribution in [0.4, 0.5) is 0 Å². The van der Waals surface area contributed by atoms with Gasteiger partial charge in [-0.1, -0.05) is 49.1 Å². The summed E-state index contributed by atoms with van der Waals surface area (Å²) < 4.78 is 5.99. The van der Waals surface area contributed by atoms with Crippen LogP contribution in [0.2, 0.25) is 0 Å². The summed E-state index contributed by atoms with van der Waals surface area (Å²) in [6.07, 6.45) is 5.61. The SMILES string of the molecule is COC1(C(Cc2cc(C)cc(C)c2)NN)CCCC(C)C1. The molecule has 1 aromatic carbocycles. The van der Waals surface area contributed by atoms with E-state index in [0.29, 0.717) is 5.92 Å². The van der Waals surface area contributed by atoms with Crippen molar-refractivity contribution in [3.63, 3.8) is 0 Å². The van der Waals surface area contributed by atoms with Gasteiger partial charge >= 0.3 is 0 Å². The largest absolute Gasteiger partial charge is 0.377 e. The molecule has 3 nitrogen and oxygen atoms in total. The molecule has 0 bridgehead atoms. The van der Waals surface area contributed by atoms with E-state index in [0.717, 1.165) is 19.3 Å². The van der Waals surface area contributed by atoms with Gasteiger partial charge in [-0.2, -0.15) is 0 Å². The molecule has 0 amide bonds. The maximum Gasteiger partial charge on any atom is 0.0850 e. The molecule has 21 heavy (non-hydrogen) atoms. The first kappa shape index (κ1) is 16.5. The molecule has 0 radical (unpaired) electrons. The Labute approximate surface area is 129 Å². The molecule has 0 saturated heterocycles. The standard InChI is InChI=1S/C18H30N2O/c1-13-6-5-7-18(12-13,21-4)17(20-19)11-16-9-14(2)8-15(3)10-16/h8-10,13,17,20H,5-7,11-12,19H2,1-4H3. The minimum absolute atomic E-state index is 0.135. The summed E-state index contributed by atoms with van der Waals surface area (Å²) in [5.41, 5.74) is 6.87. The number of ether oxygens (including phenoxy) is 1. The van der Waals surface area contributed by atoms with Gasteiger partial charge in [0, 0.05) is 7.11 Å². The van der Waals surface area contributed by atoms with Gasteiger partial charge in [0.15, 0.2) is 0 Å². The second-order valence-electron chi connectivity index (χ2n) is 6.89. The Hall–Kier alpha value is -0.900. The van der Waals surface area contributed by atoms with Crippen LogP contribution in [0.1, 0.15) is 49.3 Å². The molecule has 2 rings (SSSR count). The Kier molecular flexibility index (Phi) is 5.42. The minimum atomic E-state index is -0.135. The first-order valence-corrected chi connectivity index (χ1v) is 8.07. The van der Waals surface area contributed by atoms with Crippen LogP contribution < -0.4 is 11.3 Å². The summed E-state index contributed by atoms with van der Waals surface area (Å²) in [4.78, 5) is 0. The third kappa shape index (κ3) is 3.85. The fraction of sp³-hybridized carbons (Fsp3) is 0.667. The molecule has 0 aliphatic heterocycles. The lowest BCUT2D eigenvalue weighted by Gasteiger charge is -2.44. The summed E-state index contributed by atoms with van der Waals surface area (Å²) in [6, 6.07) is 6.88. The van der Waals surface area contributed by atoms with Crippen molar-refractivity contribution in [1.29, 1.82) is 0 Å². The molecular weight excluding hydrogens is 260 g/mol. The van der Waals surface area contributed by atoms with Crippen molar-refractivity contribution in [2.45, 2.75) is 64.5 Å². The third-order valence-electron chi connectivity index (χ3n) is 4.95. The highest BCUT2D eigenvalue weighted by Gasteiger charge is 2.41. The summed E-state index contributed by atoms with van der Waals surface area (Å²) in [7, 11) is 1.84. The molecular formula is C18H30N2O. The quantitative estimate of drug-likeness (QED) is 0.646. The van der Waals surface area contributed by atoms with Gasteiger partial charge in [-0.25, -0.2) is 0 Å². The van der Waals surface area contributed by atoms with Crippen LogP contribution >= 0.6 is 0 Å². The molecule has 0 aromatic heterocycles. The summed E-state index contributed by atoms with van der Waals surface area (Å²) in [5.74, 6) is 6.61. The van der Waals surface area contributed by atoms with E-state index in [2.05, 4.69) is 44.4 Å². The lowest BCUT2D eigenvalue weighted by Crippen LogP contribution is -2.57. The van der Waals surface area contributed by atoms with Gasteiger partial charge in [-0.15, -0.1) is 0 Å². The Morgan fingerprint density at radius 2 is 2.00 bits per heavy atom. The van der Waals surface area contributed by atoms with E-state index < -0.39 is 0 Å². The number of hydrogen-bond acceptors (Lipinski definition) is 3. The number of benzene rings is 1. The lowest BCUT2D eigenvalue weighted by atomic mass is 9.73. The van der Waals surface area contributed by atoms with E-state index in [4.69, 9.17) is 10.6 Å². The lowest BCUT2D eigenvalue weighted by molar-refractivity contribution is -0.0791. The summed E-state index contributed by atoms with van der Waals surface area (Å²) in [5, 5.41) is 0. The van der Waals surface area contributed by atoms with E-state index in [-0.39, 0.29) is 11.6 Å². The van der Waals surface area contributed by atoms with Crippen LogP contribution in [-0.4, -0.2) is 18.8 Å². The van der Waals surface area contributed by atoms with Gasteiger partial charge in [0.1, 0.15) is 0 Å². The molecule has 0 heterocycles. The van der Waals surface area contributed by atoms with Crippen molar-refractivity contribution >= 4 is 0 Å². The van der Waals surface area contributed by atoms with Crippen molar-refractivity contribution < 1.29 is 4.74 Å². The van der Waals surface area contributed by atoms with Gasteiger partial charge in [0.05, 0.1) is 11.6 Å². The molecule has 118 valence electrons. The highest BCUT2D eigenvalue weighted by atomic mass is 16.5. The minimum Gasteiger partial charge on any atom is -0.377 e. The van der Waals surface area contributed by atoms with E-state index in [9.17, 15) is 0 Å². The molecule has 0 spiro atoms. The average Bonchev–Trinajstić information content (AvgIpc) is 2.43. The molecule has 3 heteroatoms. The number of hydrazine groups is 1. The smallest absolute Gasteiger partial charge is 0.0850 e. The van der Waals surface area contributed by atoms with Crippen molar-refractivity contribution in [3.8, 4) is 0 Å². The molecule has 1 saturated carbocycles. The van der Waals surface area contributed by atoms with Crippen LogP contribution in [0.5, 0.6) is 0 Å². The Balaban J connectivity index is 2.21. The third-order valence-corrected chi connectivity index (χ3v) is 4.95. The number of methoxy groups -OCH3 is 1. The predicted molar refractivity (Wildman–Crippen MR) is 88.1 cm³/mol. The second kappa shape index (κ2) is 6.91. The maximum atomic E-state index is 5.99. The van der Waals surface area contributed by atoms with Crippen molar-refractivity contribution in [2.75, 3.05) is 7.11 Å². The predicted octanol–water partition coefficient (Wildman–Crippen LogP) is 3.27. The molecule has 3 unspecified atom stereocenters. The van der Waals surface area contributed by atoms with E-state index in [1.54, 1.807) is 0 Å². The monoisotopic (exact) mass is 290 g/mol. The van der Waals surface area contributed by atoms with Crippen LogP contribution in [0, 0.1) is 19.8 Å². The molecule has 1 aliphatic rings. The zero-order chi connectivity index (χ0) is 15.5. The fourth-order valence-corrected chi connectivity index (χ4v) is 4.01. The van der Waals surface area contributed by atoms with Gasteiger partial charge in [-0.05, 0) is 44.6 Å². The zero-order valence-electron chi connectivity index (χ0n) is 13.9. The number of nitrogens with two attached hydrogens (primary N) is 1. The van der Waals surface area contributed by atoms with Crippen LogP contribution in [0.25, 0.3) is 0 Å². The van der Waals surface area contributed by atoms with Gasteiger partial charge in [-0.3, -0.25) is 11.3 Å². The average molecular weight is 290 g/mol. The van der Waals surface area contributed by atoms with Crippen molar-refractivity contribution in [3.05, 3.63) is 34.9 Å². The normalized spacial score (nSPS) is 27.6. The van der Waals surface area contributed by atoms with Crippen LogP contribution in [0.3, 0.4) is 0 Å². The maximum absolute atomic E-state index is 5.99. The number of hydrogen-bond donors (Lipinski definition) is 2. The summed E-state index contributed by atoms with van der Waals surface area (Å²) in [6.45, 7) is 6.61. The van der Waals surface area contributed by atoms with Crippen molar-refractivity contribution in [2.24, 2.45) is 11.8 Å². The fourth-order valence-electron chi connectivity index (χ4n) is 4.01. The molecule has 1 aromatic rings. The Morgan fingerprint density at radius 3 is 2.52 bits per heavy atom. The highest BCUT2D eigenvalue weighted by molar-refractivity contribution is 5.29. The van der Waals surface area contributed by atoms with Gasteiger partial charge < -0.3 is 4.74 Å². The number of aryl methyl sites for hydroxylation is 2. The Bertz CT molecular complexity index is 454. The van der Waals surface area contributed by atoms with Crippen LogP contribution in [0.15, 0.2) is 18.2 Å².